The van der Waals surface area contributed by atoms with Crippen molar-refractivity contribution in [3.8, 4) is 0 Å². The van der Waals surface area contributed by atoms with E-state index < -0.39 is 5.97 Å². The van der Waals surface area contributed by atoms with E-state index in [0.29, 0.717) is 5.56 Å². The van der Waals surface area contributed by atoms with Gasteiger partial charge < -0.3 is 9.64 Å². The highest BCUT2D eigenvalue weighted by atomic mass is 79.9. The molecule has 0 aliphatic heterocycles. The number of benzene rings is 1. The summed E-state index contributed by atoms with van der Waals surface area (Å²) in [5.74, 6) is -0.609. The fourth-order valence-corrected chi connectivity index (χ4v) is 2.09. The van der Waals surface area contributed by atoms with Gasteiger partial charge in [-0.15, -0.1) is 0 Å². The minimum absolute atomic E-state index is 0.0482. The van der Waals surface area contributed by atoms with E-state index in [4.69, 9.17) is 0 Å². The Morgan fingerprint density at radius 1 is 1.37 bits per heavy atom. The van der Waals surface area contributed by atoms with Crippen LogP contribution in [-0.2, 0) is 9.53 Å². The number of carbonyl (C=O) groups excluding carboxylic acids is 2. The van der Waals surface area contributed by atoms with Gasteiger partial charge in [0.2, 0.25) is 0 Å². The molecule has 0 aliphatic rings. The molecule has 19 heavy (non-hydrogen) atoms. The van der Waals surface area contributed by atoms with Gasteiger partial charge in [-0.05, 0) is 48.3 Å². The van der Waals surface area contributed by atoms with Gasteiger partial charge in [0.15, 0.2) is 0 Å². The second kappa shape index (κ2) is 6.70. The van der Waals surface area contributed by atoms with Crippen LogP contribution in [0.2, 0.25) is 0 Å². The van der Waals surface area contributed by atoms with E-state index in [1.54, 1.807) is 6.07 Å². The van der Waals surface area contributed by atoms with E-state index in [1.807, 2.05) is 32.9 Å². The summed E-state index contributed by atoms with van der Waals surface area (Å²) in [6, 6.07) is 5.40. The van der Waals surface area contributed by atoms with Gasteiger partial charge >= 0.3 is 5.97 Å². The van der Waals surface area contributed by atoms with Crippen molar-refractivity contribution in [2.75, 3.05) is 13.7 Å². The van der Waals surface area contributed by atoms with Crippen molar-refractivity contribution in [1.82, 2.24) is 4.90 Å². The first-order valence-electron chi connectivity index (χ1n) is 6.01. The van der Waals surface area contributed by atoms with Crippen LogP contribution >= 0.6 is 15.9 Å². The molecule has 1 aromatic rings. The molecule has 1 amide bonds. The van der Waals surface area contributed by atoms with Crippen molar-refractivity contribution in [2.24, 2.45) is 0 Å². The van der Waals surface area contributed by atoms with Crippen molar-refractivity contribution in [2.45, 2.75) is 26.8 Å². The maximum Gasteiger partial charge on any atom is 0.325 e. The lowest BCUT2D eigenvalue weighted by atomic mass is 10.1. The topological polar surface area (TPSA) is 46.6 Å². The highest BCUT2D eigenvalue weighted by molar-refractivity contribution is 9.10. The molecular formula is C14H18BrNO3. The van der Waals surface area contributed by atoms with Gasteiger partial charge in [0.25, 0.3) is 5.91 Å². The van der Waals surface area contributed by atoms with Crippen LogP contribution in [-0.4, -0.2) is 36.5 Å². The smallest absolute Gasteiger partial charge is 0.325 e. The molecule has 1 aromatic carbocycles. The van der Waals surface area contributed by atoms with Gasteiger partial charge in [-0.1, -0.05) is 12.1 Å². The number of aryl methyl sites for hydroxylation is 1. The average molecular weight is 328 g/mol. The zero-order chi connectivity index (χ0) is 14.6. The Balaban J connectivity index is 3.06. The van der Waals surface area contributed by atoms with Crippen LogP contribution in [0.3, 0.4) is 0 Å². The van der Waals surface area contributed by atoms with Gasteiger partial charge in [-0.2, -0.15) is 0 Å². The van der Waals surface area contributed by atoms with Gasteiger partial charge in [0.1, 0.15) is 6.54 Å². The first kappa shape index (κ1) is 15.7. The first-order chi connectivity index (χ1) is 8.88. The molecule has 0 spiro atoms. The van der Waals surface area contributed by atoms with Crippen LogP contribution in [0.1, 0.15) is 29.8 Å². The number of carbonyl (C=O) groups is 2. The zero-order valence-electron chi connectivity index (χ0n) is 11.6. The molecule has 0 aromatic heterocycles. The number of methoxy groups -OCH3 is 1. The number of rotatable bonds is 4. The molecule has 0 N–H and O–H groups in total. The molecule has 0 radical (unpaired) electrons. The SMILES string of the molecule is COC(=O)CN(C(=O)c1cccc(C)c1Br)C(C)C. The van der Waals surface area contributed by atoms with E-state index in [2.05, 4.69) is 20.7 Å². The van der Waals surface area contributed by atoms with Crippen LogP contribution in [0, 0.1) is 6.92 Å². The molecule has 104 valence electrons. The normalized spacial score (nSPS) is 10.4. The maximum absolute atomic E-state index is 12.5. The minimum atomic E-state index is -0.425. The Hall–Kier alpha value is -1.36. The molecule has 0 saturated heterocycles. The number of hydrogen-bond acceptors (Lipinski definition) is 3. The summed E-state index contributed by atoms with van der Waals surface area (Å²) in [5.41, 5.74) is 1.53. The van der Waals surface area contributed by atoms with E-state index in [0.717, 1.165) is 10.0 Å². The lowest BCUT2D eigenvalue weighted by Crippen LogP contribution is -2.41. The number of nitrogens with zero attached hydrogens (tertiary/aromatic N) is 1. The predicted molar refractivity (Wildman–Crippen MR) is 77.1 cm³/mol. The Bertz CT molecular complexity index is 486. The lowest BCUT2D eigenvalue weighted by Gasteiger charge is -2.26. The van der Waals surface area contributed by atoms with Crippen LogP contribution < -0.4 is 0 Å². The maximum atomic E-state index is 12.5. The number of ether oxygens (including phenoxy) is 1. The number of amides is 1. The molecular weight excluding hydrogens is 310 g/mol. The monoisotopic (exact) mass is 327 g/mol. The van der Waals surface area contributed by atoms with Crippen molar-refractivity contribution < 1.29 is 14.3 Å². The molecule has 1 rings (SSSR count). The van der Waals surface area contributed by atoms with Crippen molar-refractivity contribution in [3.63, 3.8) is 0 Å². The molecule has 0 bridgehead atoms. The minimum Gasteiger partial charge on any atom is -0.468 e. The van der Waals surface area contributed by atoms with E-state index in [-0.39, 0.29) is 18.5 Å². The fourth-order valence-electron chi connectivity index (χ4n) is 1.66. The van der Waals surface area contributed by atoms with Crippen molar-refractivity contribution >= 4 is 27.8 Å². The lowest BCUT2D eigenvalue weighted by molar-refractivity contribution is -0.141. The first-order valence-corrected chi connectivity index (χ1v) is 6.80. The molecule has 5 heteroatoms. The summed E-state index contributed by atoms with van der Waals surface area (Å²) < 4.78 is 5.39. The quantitative estimate of drug-likeness (QED) is 0.799. The number of halogens is 1. The standard InChI is InChI=1S/C14H18BrNO3/c1-9(2)16(8-12(17)19-4)14(18)11-7-5-6-10(3)13(11)15/h5-7,9H,8H2,1-4H3. The second-order valence-electron chi connectivity index (χ2n) is 4.54. The molecule has 0 atom stereocenters. The van der Waals surface area contributed by atoms with Crippen molar-refractivity contribution in [3.05, 3.63) is 33.8 Å². The van der Waals surface area contributed by atoms with Crippen LogP contribution in [0.4, 0.5) is 0 Å². The van der Waals surface area contributed by atoms with E-state index >= 15 is 0 Å². The molecule has 4 nitrogen and oxygen atoms in total. The average Bonchev–Trinajstić information content (AvgIpc) is 2.37. The summed E-state index contributed by atoms with van der Waals surface area (Å²) in [6.07, 6.45) is 0. The third-order valence-electron chi connectivity index (χ3n) is 2.83. The summed E-state index contributed by atoms with van der Waals surface area (Å²) in [4.78, 5) is 25.4. The summed E-state index contributed by atoms with van der Waals surface area (Å²) in [5, 5.41) is 0. The van der Waals surface area contributed by atoms with Crippen molar-refractivity contribution in [1.29, 1.82) is 0 Å². The highest BCUT2D eigenvalue weighted by Gasteiger charge is 2.23. The molecule has 0 fully saturated rings. The van der Waals surface area contributed by atoms with Gasteiger partial charge in [-0.3, -0.25) is 9.59 Å². The number of esters is 1. The fraction of sp³-hybridized carbons (Fsp3) is 0.429. The Labute approximate surface area is 121 Å². The largest absolute Gasteiger partial charge is 0.468 e. The Morgan fingerprint density at radius 3 is 2.53 bits per heavy atom. The molecule has 0 saturated carbocycles. The second-order valence-corrected chi connectivity index (χ2v) is 5.33. The molecule has 0 heterocycles. The zero-order valence-corrected chi connectivity index (χ0v) is 13.2. The van der Waals surface area contributed by atoms with Crippen LogP contribution in [0.5, 0.6) is 0 Å². The third kappa shape index (κ3) is 3.80. The molecule has 0 unspecified atom stereocenters. The highest BCUT2D eigenvalue weighted by Crippen LogP contribution is 2.23. The Kier molecular flexibility index (Phi) is 5.54. The van der Waals surface area contributed by atoms with E-state index in [9.17, 15) is 9.59 Å². The summed E-state index contributed by atoms with van der Waals surface area (Å²) in [7, 11) is 1.31. The predicted octanol–water partition coefficient (Wildman–Crippen LogP) is 2.78. The van der Waals surface area contributed by atoms with Gasteiger partial charge in [0, 0.05) is 10.5 Å². The van der Waals surface area contributed by atoms with Crippen LogP contribution in [0.25, 0.3) is 0 Å². The summed E-state index contributed by atoms with van der Waals surface area (Å²) >= 11 is 3.42. The van der Waals surface area contributed by atoms with Gasteiger partial charge in [-0.25, -0.2) is 0 Å². The van der Waals surface area contributed by atoms with E-state index in [1.165, 1.54) is 12.0 Å². The summed E-state index contributed by atoms with van der Waals surface area (Å²) in [6.45, 7) is 5.60. The van der Waals surface area contributed by atoms with Gasteiger partial charge in [0.05, 0.1) is 12.7 Å². The third-order valence-corrected chi connectivity index (χ3v) is 3.89. The molecule has 0 aliphatic carbocycles. The number of hydrogen-bond donors (Lipinski definition) is 0. The van der Waals surface area contributed by atoms with Crippen LogP contribution in [0.15, 0.2) is 22.7 Å². The Morgan fingerprint density at radius 2 is 2.00 bits per heavy atom.